The highest BCUT2D eigenvalue weighted by Crippen LogP contribution is 2.27. The molecule has 0 radical (unpaired) electrons. The summed E-state index contributed by atoms with van der Waals surface area (Å²) in [5.41, 5.74) is 1.63. The summed E-state index contributed by atoms with van der Waals surface area (Å²) in [6.45, 7) is 0.839. The normalized spacial score (nSPS) is 20.7. The predicted molar refractivity (Wildman–Crippen MR) is 74.8 cm³/mol. The maximum atomic E-state index is 12.7. The number of likely N-dealkylation sites (tertiary alicyclic amines) is 1. The topological polar surface area (TPSA) is 45.3 Å². The van der Waals surface area contributed by atoms with E-state index in [0.29, 0.717) is 5.56 Å². The molecule has 4 heteroatoms. The highest BCUT2D eigenvalue weighted by molar-refractivity contribution is 6.10. The average Bonchev–Trinajstić information content (AvgIpc) is 3.12. The van der Waals surface area contributed by atoms with Crippen LogP contribution in [0.3, 0.4) is 0 Å². The highest BCUT2D eigenvalue weighted by atomic mass is 16.5. The monoisotopic (exact) mass is 259 g/mol. The molecule has 1 fully saturated rings. The van der Waals surface area contributed by atoms with Gasteiger partial charge in [0.2, 0.25) is 0 Å². The van der Waals surface area contributed by atoms with Gasteiger partial charge in [-0.1, -0.05) is 0 Å². The van der Waals surface area contributed by atoms with Crippen LogP contribution in [0.15, 0.2) is 24.4 Å². The van der Waals surface area contributed by atoms with E-state index in [0.717, 1.165) is 36.0 Å². The lowest BCUT2D eigenvalue weighted by molar-refractivity contribution is 0.0892. The Labute approximate surface area is 113 Å². The Morgan fingerprint density at radius 2 is 2.47 bits per heavy atom. The smallest absolute Gasteiger partial charge is 0.182 e. The molecule has 1 aliphatic heterocycles. The molecule has 0 amide bonds. The van der Waals surface area contributed by atoms with Crippen molar-refractivity contribution in [1.29, 1.82) is 0 Å². The number of nitrogens with zero attached hydrogens (tertiary/aromatic N) is 1. The molecule has 1 N–H and O–H groups in total. The first kappa shape index (κ1) is 11.1. The number of methoxy groups -OCH3 is 1. The summed E-state index contributed by atoms with van der Waals surface area (Å²) in [5.74, 6) is 0.851. The Kier molecular flexibility index (Phi) is 2.73. The number of aromatic amines is 1. The number of ether oxygens (including phenoxy) is 1. The second-order valence-corrected chi connectivity index (χ2v) is 4.95. The molecule has 0 bridgehead atoms. The van der Waals surface area contributed by atoms with Crippen molar-refractivity contribution in [2.24, 2.45) is 0 Å². The first-order valence-corrected chi connectivity index (χ1v) is 6.47. The minimum Gasteiger partial charge on any atom is -0.497 e. The molecule has 2 heterocycles. The molecule has 4 nitrogen and oxygen atoms in total. The lowest BCUT2D eigenvalue weighted by atomic mass is 10.0. The number of Topliss-reactive ketones (excluding diaryl/α,β-unsaturated/α-hetero) is 1. The van der Waals surface area contributed by atoms with Crippen LogP contribution >= 0.6 is 0 Å². The molecule has 100 valence electrons. The number of fused-ring (bicyclic) bond motifs is 1. The summed E-state index contributed by atoms with van der Waals surface area (Å²) < 4.78 is 12.8. The lowest BCUT2D eigenvalue weighted by Gasteiger charge is -2.17. The third-order valence-corrected chi connectivity index (χ3v) is 3.82. The third-order valence-electron chi connectivity index (χ3n) is 3.82. The minimum atomic E-state index is -0.155. The summed E-state index contributed by atoms with van der Waals surface area (Å²) in [4.78, 5) is 17.8. The molecular formula is C15H18N2O2. The molecular weight excluding hydrogens is 240 g/mol. The molecule has 2 aromatic rings. The van der Waals surface area contributed by atoms with Gasteiger partial charge in [0.25, 0.3) is 0 Å². The molecule has 1 saturated heterocycles. The van der Waals surface area contributed by atoms with Gasteiger partial charge in [-0.25, -0.2) is 0 Å². The number of hydrogen-bond acceptors (Lipinski definition) is 3. The van der Waals surface area contributed by atoms with E-state index in [1.165, 1.54) is 0 Å². The molecule has 3 rings (SSSR count). The highest BCUT2D eigenvalue weighted by Gasteiger charge is 2.29. The zero-order valence-electron chi connectivity index (χ0n) is 12.0. The molecule has 1 aromatic carbocycles. The fraction of sp³-hybridized carbons (Fsp3) is 0.400. The number of carbonyl (C=O) groups excluding carboxylic acids is 1. The largest absolute Gasteiger partial charge is 0.497 e. The number of H-pyrrole nitrogens is 1. The van der Waals surface area contributed by atoms with Crippen LogP contribution in [0.5, 0.6) is 5.75 Å². The average molecular weight is 259 g/mol. The van der Waals surface area contributed by atoms with Crippen LogP contribution in [-0.4, -0.2) is 42.4 Å². The molecule has 1 aromatic heterocycles. The molecule has 0 aliphatic carbocycles. The van der Waals surface area contributed by atoms with Crippen molar-refractivity contribution in [1.82, 2.24) is 9.88 Å². The van der Waals surface area contributed by atoms with E-state index in [2.05, 4.69) is 4.98 Å². The number of hydrogen-bond donors (Lipinski definition) is 1. The van der Waals surface area contributed by atoms with Crippen LogP contribution < -0.4 is 4.74 Å². The Balaban J connectivity index is 1.99. The van der Waals surface area contributed by atoms with Crippen molar-refractivity contribution < 1.29 is 10.9 Å². The van der Waals surface area contributed by atoms with Gasteiger partial charge in [0, 0.05) is 24.0 Å². The first-order chi connectivity index (χ1) is 9.74. The summed E-state index contributed by atoms with van der Waals surface area (Å²) in [6, 6.07) is 5.53. The van der Waals surface area contributed by atoms with Crippen molar-refractivity contribution in [3.05, 3.63) is 30.0 Å². The van der Waals surface area contributed by atoms with Crippen molar-refractivity contribution in [3.8, 4) is 5.75 Å². The second kappa shape index (κ2) is 4.70. The number of ketones is 1. The number of carbonyl (C=O) groups is 1. The number of aromatic nitrogens is 1. The van der Waals surface area contributed by atoms with Crippen molar-refractivity contribution in [3.63, 3.8) is 0 Å². The summed E-state index contributed by atoms with van der Waals surface area (Å²) in [7, 11) is 1.80. The minimum absolute atomic E-state index is 0.106. The van der Waals surface area contributed by atoms with Crippen molar-refractivity contribution in [2.45, 2.75) is 18.9 Å². The maximum Gasteiger partial charge on any atom is 0.182 e. The molecule has 0 unspecified atom stereocenters. The summed E-state index contributed by atoms with van der Waals surface area (Å²) in [6.07, 6.45) is 3.60. The van der Waals surface area contributed by atoms with Gasteiger partial charge in [-0.05, 0) is 44.6 Å². The van der Waals surface area contributed by atoms with Gasteiger partial charge >= 0.3 is 0 Å². The second-order valence-electron chi connectivity index (χ2n) is 4.95. The van der Waals surface area contributed by atoms with Gasteiger partial charge in [0.1, 0.15) is 5.75 Å². The van der Waals surface area contributed by atoms with E-state index >= 15 is 0 Å². The molecule has 19 heavy (non-hydrogen) atoms. The van der Waals surface area contributed by atoms with Crippen molar-refractivity contribution >= 4 is 16.7 Å². The number of nitrogens with one attached hydrogen (secondary N) is 1. The molecule has 0 spiro atoms. The molecule has 1 atom stereocenters. The van der Waals surface area contributed by atoms with Gasteiger partial charge < -0.3 is 9.72 Å². The SMILES string of the molecule is [2H]CN1CCC[C@H]1C(=O)c1c[nH]c2ccc(OC)cc12. The fourth-order valence-electron chi connectivity index (χ4n) is 2.73. The fourth-order valence-corrected chi connectivity index (χ4v) is 2.73. The van der Waals surface area contributed by atoms with Gasteiger partial charge in [-0.15, -0.1) is 0 Å². The number of benzene rings is 1. The zero-order valence-corrected chi connectivity index (χ0v) is 11.0. The molecule has 0 saturated carbocycles. The van der Waals surface area contributed by atoms with E-state index in [-0.39, 0.29) is 18.8 Å². The predicted octanol–water partition coefficient (Wildman–Crippen LogP) is 2.45. The number of rotatable bonds is 3. The van der Waals surface area contributed by atoms with E-state index in [9.17, 15) is 4.79 Å². The van der Waals surface area contributed by atoms with Crippen LogP contribution in [0.1, 0.15) is 24.6 Å². The van der Waals surface area contributed by atoms with Crippen LogP contribution in [0.4, 0.5) is 0 Å². The zero-order chi connectivity index (χ0) is 14.1. The lowest BCUT2D eigenvalue weighted by Crippen LogP contribution is -2.32. The Morgan fingerprint density at radius 1 is 1.58 bits per heavy atom. The van der Waals surface area contributed by atoms with E-state index in [4.69, 9.17) is 6.11 Å². The van der Waals surface area contributed by atoms with E-state index < -0.39 is 0 Å². The standard InChI is InChI=1S/C15H18N2O2/c1-17-7-3-4-14(17)15(18)12-9-16-13-6-5-10(19-2)8-11(12)13/h5-6,8-9,14,16H,3-4,7H2,1-2H3/t14-/m0/s1/i1D. The van der Waals surface area contributed by atoms with E-state index in [1.807, 2.05) is 23.1 Å². The Hall–Kier alpha value is -1.81. The van der Waals surface area contributed by atoms with Gasteiger partial charge in [0.05, 0.1) is 13.2 Å². The van der Waals surface area contributed by atoms with E-state index in [1.54, 1.807) is 13.3 Å². The quantitative estimate of drug-likeness (QED) is 0.861. The van der Waals surface area contributed by atoms with Crippen LogP contribution in [0, 0.1) is 0 Å². The van der Waals surface area contributed by atoms with Crippen LogP contribution in [-0.2, 0) is 0 Å². The van der Waals surface area contributed by atoms with Gasteiger partial charge in [-0.3, -0.25) is 9.69 Å². The van der Waals surface area contributed by atoms with Crippen LogP contribution in [0.25, 0.3) is 10.9 Å². The summed E-state index contributed by atoms with van der Waals surface area (Å²) in [5, 5.41) is 0.895. The van der Waals surface area contributed by atoms with Gasteiger partial charge in [-0.2, -0.15) is 0 Å². The molecule has 1 aliphatic rings. The van der Waals surface area contributed by atoms with Crippen molar-refractivity contribution in [2.75, 3.05) is 20.7 Å². The van der Waals surface area contributed by atoms with Crippen LogP contribution in [0.2, 0.25) is 0 Å². The Morgan fingerprint density at radius 3 is 3.26 bits per heavy atom. The first-order valence-electron chi connectivity index (χ1n) is 7.18. The summed E-state index contributed by atoms with van der Waals surface area (Å²) >= 11 is 0. The van der Waals surface area contributed by atoms with Gasteiger partial charge in [0.15, 0.2) is 5.78 Å². The third kappa shape index (κ3) is 2.02. The maximum absolute atomic E-state index is 12.7. The number of likely N-dealkylation sites (N-methyl/N-ethyl adjacent to an activating group) is 1. The Bertz CT molecular complexity index is 638.